The van der Waals surface area contributed by atoms with Crippen LogP contribution in [-0.4, -0.2) is 37.1 Å². The number of halogens is 2. The van der Waals surface area contributed by atoms with Gasteiger partial charge in [-0.25, -0.2) is 28.2 Å². The lowest BCUT2D eigenvalue weighted by Gasteiger charge is -2.05. The van der Waals surface area contributed by atoms with Gasteiger partial charge >= 0.3 is 11.8 Å². The van der Waals surface area contributed by atoms with E-state index >= 15 is 0 Å². The monoisotopic (exact) mass is 385 g/mol. The second-order valence-corrected chi connectivity index (χ2v) is 5.42. The number of carboxylic acid groups (broad SMARTS) is 1. The summed E-state index contributed by atoms with van der Waals surface area (Å²) < 4.78 is 15.8. The van der Waals surface area contributed by atoms with Crippen molar-refractivity contribution in [2.75, 3.05) is 6.54 Å². The van der Waals surface area contributed by atoms with Crippen molar-refractivity contribution in [1.29, 1.82) is 0 Å². The molecule has 2 N–H and O–H groups in total. The molecule has 1 amide bonds. The highest BCUT2D eigenvalue weighted by Gasteiger charge is 2.11. The molecule has 0 aliphatic rings. The minimum atomic E-state index is -1.28. The third-order valence-electron chi connectivity index (χ3n) is 2.99. The number of aryl methyl sites for hydroxylation is 1. The number of rotatable bonds is 5. The fourth-order valence-corrected chi connectivity index (χ4v) is 2.03. The zero-order valence-corrected chi connectivity index (χ0v) is 13.6. The first-order chi connectivity index (χ1) is 10.9. The zero-order chi connectivity index (χ0) is 17.0. The third-order valence-corrected chi connectivity index (χ3v) is 3.82. The first-order valence-corrected chi connectivity index (χ1v) is 7.23. The molecule has 0 fully saturated rings. The summed E-state index contributed by atoms with van der Waals surface area (Å²) in [6, 6.07) is 1.75. The SMILES string of the molecule is Cc1cc(-n2cnn(C/C(=C\F)CNC(=O)O)c2=O)cnc1Br. The summed E-state index contributed by atoms with van der Waals surface area (Å²) in [6.07, 6.45) is 1.78. The Kier molecular flexibility index (Phi) is 5.27. The molecular formula is C13H13BrFN5O3. The second-order valence-electron chi connectivity index (χ2n) is 4.67. The fraction of sp³-hybridized carbons (Fsp3) is 0.231. The molecule has 23 heavy (non-hydrogen) atoms. The number of amides is 1. The smallest absolute Gasteiger partial charge is 0.404 e. The van der Waals surface area contributed by atoms with E-state index in [4.69, 9.17) is 5.11 Å². The molecule has 2 aromatic rings. The number of carbonyl (C=O) groups is 1. The normalized spacial score (nSPS) is 11.5. The highest BCUT2D eigenvalue weighted by Crippen LogP contribution is 2.15. The molecule has 2 heterocycles. The number of hydrogen-bond donors (Lipinski definition) is 2. The van der Waals surface area contributed by atoms with Crippen LogP contribution in [0.4, 0.5) is 9.18 Å². The Bertz CT molecular complexity index is 814. The average molecular weight is 386 g/mol. The Morgan fingerprint density at radius 3 is 2.91 bits per heavy atom. The number of nitrogens with zero attached hydrogens (tertiary/aromatic N) is 4. The van der Waals surface area contributed by atoms with Crippen LogP contribution in [0.3, 0.4) is 0 Å². The standard InChI is InChI=1S/C13H13BrFN5O3/c1-8-2-10(5-16-11(8)14)19-7-18-20(13(19)23)6-9(3-15)4-17-12(21)22/h2-3,5,7,17H,4,6H2,1H3,(H,21,22)/b9-3-. The van der Waals surface area contributed by atoms with E-state index in [1.807, 2.05) is 12.2 Å². The van der Waals surface area contributed by atoms with Gasteiger partial charge in [-0.15, -0.1) is 0 Å². The predicted molar refractivity (Wildman–Crippen MR) is 83.3 cm³/mol. The maximum atomic E-state index is 12.8. The van der Waals surface area contributed by atoms with Crippen molar-refractivity contribution in [3.8, 4) is 5.69 Å². The van der Waals surface area contributed by atoms with Gasteiger partial charge in [0.25, 0.3) is 0 Å². The van der Waals surface area contributed by atoms with E-state index in [2.05, 4.69) is 26.0 Å². The minimum Gasteiger partial charge on any atom is -0.465 e. The van der Waals surface area contributed by atoms with E-state index in [9.17, 15) is 14.0 Å². The Labute approximate surface area is 138 Å². The van der Waals surface area contributed by atoms with Gasteiger partial charge in [-0.3, -0.25) is 0 Å². The lowest BCUT2D eigenvalue weighted by atomic mass is 10.3. The molecule has 0 bridgehead atoms. The summed E-state index contributed by atoms with van der Waals surface area (Å²) in [5.41, 5.74) is 0.960. The van der Waals surface area contributed by atoms with Crippen LogP contribution >= 0.6 is 15.9 Å². The second kappa shape index (κ2) is 7.18. The molecule has 0 unspecified atom stereocenters. The van der Waals surface area contributed by atoms with E-state index in [1.54, 1.807) is 6.07 Å². The summed E-state index contributed by atoms with van der Waals surface area (Å²) in [4.78, 5) is 26.8. The molecule has 0 aliphatic heterocycles. The van der Waals surface area contributed by atoms with Crippen LogP contribution in [0.15, 0.2) is 39.9 Å². The van der Waals surface area contributed by atoms with Gasteiger partial charge in [0.2, 0.25) is 0 Å². The van der Waals surface area contributed by atoms with E-state index < -0.39 is 11.8 Å². The zero-order valence-electron chi connectivity index (χ0n) is 12.0. The van der Waals surface area contributed by atoms with Crippen LogP contribution in [0.25, 0.3) is 5.69 Å². The molecular weight excluding hydrogens is 373 g/mol. The van der Waals surface area contributed by atoms with Crippen LogP contribution < -0.4 is 11.0 Å². The van der Waals surface area contributed by atoms with E-state index in [0.29, 0.717) is 10.3 Å². The Balaban J connectivity index is 2.23. The molecule has 0 aliphatic carbocycles. The van der Waals surface area contributed by atoms with Gasteiger partial charge in [0.05, 0.1) is 24.8 Å². The van der Waals surface area contributed by atoms with Crippen LogP contribution in [0.1, 0.15) is 5.56 Å². The summed E-state index contributed by atoms with van der Waals surface area (Å²) in [5, 5.41) is 14.5. The van der Waals surface area contributed by atoms with E-state index in [-0.39, 0.29) is 25.0 Å². The van der Waals surface area contributed by atoms with Crippen molar-refractivity contribution in [2.45, 2.75) is 13.5 Å². The largest absolute Gasteiger partial charge is 0.465 e. The van der Waals surface area contributed by atoms with Gasteiger partial charge in [0, 0.05) is 6.54 Å². The van der Waals surface area contributed by atoms with E-state index in [0.717, 1.165) is 10.2 Å². The molecule has 2 aromatic heterocycles. The first-order valence-electron chi connectivity index (χ1n) is 6.44. The molecule has 0 radical (unpaired) electrons. The quantitative estimate of drug-likeness (QED) is 0.761. The van der Waals surface area contributed by atoms with Gasteiger partial charge in [-0.1, -0.05) is 0 Å². The summed E-state index contributed by atoms with van der Waals surface area (Å²) in [7, 11) is 0. The fourth-order valence-electron chi connectivity index (χ4n) is 1.81. The lowest BCUT2D eigenvalue weighted by Crippen LogP contribution is -2.29. The summed E-state index contributed by atoms with van der Waals surface area (Å²) >= 11 is 3.27. The van der Waals surface area contributed by atoms with Gasteiger partial charge < -0.3 is 10.4 Å². The number of hydrogen-bond acceptors (Lipinski definition) is 4. The average Bonchev–Trinajstić information content (AvgIpc) is 2.87. The maximum Gasteiger partial charge on any atom is 0.404 e. The Morgan fingerprint density at radius 2 is 2.30 bits per heavy atom. The molecule has 0 aromatic carbocycles. The van der Waals surface area contributed by atoms with E-state index in [1.165, 1.54) is 17.1 Å². The molecule has 0 spiro atoms. The van der Waals surface area contributed by atoms with Crippen molar-refractivity contribution < 1.29 is 14.3 Å². The van der Waals surface area contributed by atoms with Crippen molar-refractivity contribution in [1.82, 2.24) is 24.6 Å². The van der Waals surface area contributed by atoms with Crippen molar-refractivity contribution >= 4 is 22.0 Å². The molecule has 0 atom stereocenters. The molecule has 10 heteroatoms. The molecule has 0 saturated heterocycles. The number of aromatic nitrogens is 4. The molecule has 2 rings (SSSR count). The number of nitrogens with one attached hydrogen (secondary N) is 1. The highest BCUT2D eigenvalue weighted by atomic mass is 79.9. The molecule has 0 saturated carbocycles. The Hall–Kier alpha value is -2.49. The summed E-state index contributed by atoms with van der Waals surface area (Å²) in [5.74, 6) is 0. The van der Waals surface area contributed by atoms with Crippen LogP contribution in [0.5, 0.6) is 0 Å². The predicted octanol–water partition coefficient (Wildman–Crippen LogP) is 1.62. The van der Waals surface area contributed by atoms with Gasteiger partial charge in [-0.2, -0.15) is 5.10 Å². The van der Waals surface area contributed by atoms with Gasteiger partial charge in [-0.05, 0) is 40.1 Å². The van der Waals surface area contributed by atoms with Gasteiger partial charge in [0.15, 0.2) is 0 Å². The van der Waals surface area contributed by atoms with Crippen LogP contribution in [-0.2, 0) is 6.54 Å². The van der Waals surface area contributed by atoms with Crippen molar-refractivity contribution in [3.05, 3.63) is 51.1 Å². The van der Waals surface area contributed by atoms with Gasteiger partial charge in [0.1, 0.15) is 10.9 Å². The topological polar surface area (TPSA) is 102 Å². The molecule has 8 nitrogen and oxygen atoms in total. The maximum absolute atomic E-state index is 12.8. The van der Waals surface area contributed by atoms with Crippen LogP contribution in [0, 0.1) is 6.92 Å². The Morgan fingerprint density at radius 1 is 1.57 bits per heavy atom. The highest BCUT2D eigenvalue weighted by molar-refractivity contribution is 9.10. The van der Waals surface area contributed by atoms with Crippen molar-refractivity contribution in [3.63, 3.8) is 0 Å². The first kappa shape index (κ1) is 16.9. The lowest BCUT2D eigenvalue weighted by molar-refractivity contribution is 0.195. The minimum absolute atomic E-state index is 0.0739. The summed E-state index contributed by atoms with van der Waals surface area (Å²) in [6.45, 7) is 1.44. The third kappa shape index (κ3) is 4.03. The molecule has 122 valence electrons. The van der Waals surface area contributed by atoms with Crippen molar-refractivity contribution in [2.24, 2.45) is 0 Å². The van der Waals surface area contributed by atoms with Crippen LogP contribution in [0.2, 0.25) is 0 Å². The number of pyridine rings is 1.